The second-order valence-corrected chi connectivity index (χ2v) is 6.68. The number of aliphatic imine (C=N–C) groups is 1. The fourth-order valence-corrected chi connectivity index (χ4v) is 3.83. The molecule has 3 aromatic rings. The molecule has 6 nitrogen and oxygen atoms in total. The quantitative estimate of drug-likeness (QED) is 0.496. The van der Waals surface area contributed by atoms with Crippen molar-refractivity contribution < 1.29 is 9.47 Å². The number of aromatic nitrogens is 1. The lowest BCUT2D eigenvalue weighted by Gasteiger charge is -2.23. The number of thiazole rings is 1. The number of rotatable bonds is 6. The number of nitrogens with one attached hydrogen (secondary N) is 1. The number of guanidine groups is 1. The average molecular weight is 385 g/mol. The molecule has 1 aromatic heterocycles. The van der Waals surface area contributed by atoms with Gasteiger partial charge in [-0.2, -0.15) is 0 Å². The van der Waals surface area contributed by atoms with E-state index in [2.05, 4.69) is 28.2 Å². The fraction of sp³-hybridized carbons (Fsp3) is 0.300. The molecule has 0 bridgehead atoms. The number of ether oxygens (including phenoxy) is 2. The molecule has 0 unspecified atom stereocenters. The van der Waals surface area contributed by atoms with Gasteiger partial charge in [-0.1, -0.05) is 29.5 Å². The van der Waals surface area contributed by atoms with Crippen molar-refractivity contribution in [3.63, 3.8) is 0 Å². The number of nitrogens with zero attached hydrogens (tertiary/aromatic N) is 3. The minimum Gasteiger partial charge on any atom is -0.495 e. The number of methoxy groups -OCH3 is 2. The number of fused-ring (bicyclic) bond motifs is 1. The summed E-state index contributed by atoms with van der Waals surface area (Å²) in [4.78, 5) is 11.5. The SMILES string of the molecule is CCN=C(Nc1ccccc1OC)N(CC)c1nc2c(OC)cccc2s1. The molecule has 0 atom stereocenters. The van der Waals surface area contributed by atoms with Gasteiger partial charge in [0.25, 0.3) is 0 Å². The Morgan fingerprint density at radius 1 is 1.07 bits per heavy atom. The van der Waals surface area contributed by atoms with E-state index in [1.54, 1.807) is 25.6 Å². The minimum absolute atomic E-state index is 0.655. The summed E-state index contributed by atoms with van der Waals surface area (Å²) < 4.78 is 12.0. The third-order valence-corrected chi connectivity index (χ3v) is 5.10. The van der Waals surface area contributed by atoms with Crippen LogP contribution < -0.4 is 19.7 Å². The zero-order chi connectivity index (χ0) is 19.2. The lowest BCUT2D eigenvalue weighted by molar-refractivity contribution is 0.417. The zero-order valence-electron chi connectivity index (χ0n) is 16.0. The van der Waals surface area contributed by atoms with Crippen molar-refractivity contribution >= 4 is 38.3 Å². The van der Waals surface area contributed by atoms with Crippen molar-refractivity contribution in [2.45, 2.75) is 13.8 Å². The Bertz CT molecular complexity index is 939. The van der Waals surface area contributed by atoms with Crippen LogP contribution in [-0.2, 0) is 0 Å². The normalized spacial score (nSPS) is 11.5. The standard InChI is InChI=1S/C20H24N4O2S/c1-5-21-19(22-14-10-7-8-11-15(14)25-3)24(6-2)20-23-18-16(26-4)12-9-13-17(18)27-20/h7-13H,5-6H2,1-4H3,(H,21,22). The first-order chi connectivity index (χ1) is 13.2. The second-order valence-electron chi connectivity index (χ2n) is 5.67. The van der Waals surface area contributed by atoms with Crippen molar-refractivity contribution in [3.8, 4) is 11.5 Å². The molecule has 0 aliphatic heterocycles. The number of para-hydroxylation sites is 3. The van der Waals surface area contributed by atoms with Gasteiger partial charge in [0.2, 0.25) is 5.96 Å². The van der Waals surface area contributed by atoms with Crippen molar-refractivity contribution in [2.75, 3.05) is 37.5 Å². The molecule has 0 aliphatic rings. The van der Waals surface area contributed by atoms with Gasteiger partial charge >= 0.3 is 0 Å². The predicted molar refractivity (Wildman–Crippen MR) is 114 cm³/mol. The van der Waals surface area contributed by atoms with Gasteiger partial charge < -0.3 is 14.8 Å². The Balaban J connectivity index is 1.99. The molecule has 0 amide bonds. The summed E-state index contributed by atoms with van der Waals surface area (Å²) in [6.45, 7) is 5.48. The van der Waals surface area contributed by atoms with Crippen LogP contribution in [0.5, 0.6) is 11.5 Å². The van der Waals surface area contributed by atoms with Crippen LogP contribution >= 0.6 is 11.3 Å². The summed E-state index contributed by atoms with van der Waals surface area (Å²) >= 11 is 1.62. The van der Waals surface area contributed by atoms with E-state index in [1.807, 2.05) is 43.3 Å². The summed E-state index contributed by atoms with van der Waals surface area (Å²) in [6.07, 6.45) is 0. The second kappa shape index (κ2) is 8.73. The van der Waals surface area contributed by atoms with Gasteiger partial charge in [-0.25, -0.2) is 4.98 Å². The molecule has 0 radical (unpaired) electrons. The topological polar surface area (TPSA) is 59.0 Å². The highest BCUT2D eigenvalue weighted by atomic mass is 32.1. The van der Waals surface area contributed by atoms with E-state index >= 15 is 0 Å². The summed E-state index contributed by atoms with van der Waals surface area (Å²) in [5.74, 6) is 2.28. The van der Waals surface area contributed by atoms with E-state index in [0.29, 0.717) is 6.54 Å². The monoisotopic (exact) mass is 384 g/mol. The zero-order valence-corrected chi connectivity index (χ0v) is 16.8. The molecule has 2 aromatic carbocycles. The Labute approximate surface area is 163 Å². The molecular formula is C20H24N4O2S. The van der Waals surface area contributed by atoms with Crippen LogP contribution in [0, 0.1) is 0 Å². The van der Waals surface area contributed by atoms with Gasteiger partial charge in [0.1, 0.15) is 17.0 Å². The number of benzene rings is 2. The van der Waals surface area contributed by atoms with Crippen LogP contribution in [0.25, 0.3) is 10.2 Å². The summed E-state index contributed by atoms with van der Waals surface area (Å²) in [6, 6.07) is 13.8. The highest BCUT2D eigenvalue weighted by Gasteiger charge is 2.19. The average Bonchev–Trinajstić information content (AvgIpc) is 3.13. The van der Waals surface area contributed by atoms with Crippen molar-refractivity contribution in [1.29, 1.82) is 0 Å². The van der Waals surface area contributed by atoms with E-state index < -0.39 is 0 Å². The van der Waals surface area contributed by atoms with E-state index in [9.17, 15) is 0 Å². The Morgan fingerprint density at radius 3 is 2.52 bits per heavy atom. The van der Waals surface area contributed by atoms with Gasteiger partial charge in [0.15, 0.2) is 5.13 Å². The molecule has 0 saturated carbocycles. The highest BCUT2D eigenvalue weighted by Crippen LogP contribution is 2.34. The third kappa shape index (κ3) is 3.98. The Kier molecular flexibility index (Phi) is 6.13. The lowest BCUT2D eigenvalue weighted by atomic mass is 10.3. The highest BCUT2D eigenvalue weighted by molar-refractivity contribution is 7.22. The van der Waals surface area contributed by atoms with Crippen LogP contribution in [0.2, 0.25) is 0 Å². The molecular weight excluding hydrogens is 360 g/mol. The largest absolute Gasteiger partial charge is 0.495 e. The van der Waals surface area contributed by atoms with Gasteiger partial charge in [-0.3, -0.25) is 9.89 Å². The Hall–Kier alpha value is -2.80. The Morgan fingerprint density at radius 2 is 1.81 bits per heavy atom. The maximum Gasteiger partial charge on any atom is 0.204 e. The minimum atomic E-state index is 0.655. The molecule has 3 rings (SSSR count). The van der Waals surface area contributed by atoms with Crippen LogP contribution in [0.4, 0.5) is 10.8 Å². The van der Waals surface area contributed by atoms with Crippen molar-refractivity contribution in [2.24, 2.45) is 4.99 Å². The van der Waals surface area contributed by atoms with Gasteiger partial charge in [-0.15, -0.1) is 0 Å². The van der Waals surface area contributed by atoms with Crippen LogP contribution in [-0.4, -0.2) is 38.3 Å². The van der Waals surface area contributed by atoms with Crippen molar-refractivity contribution in [1.82, 2.24) is 4.98 Å². The maximum absolute atomic E-state index is 5.46. The van der Waals surface area contributed by atoms with Gasteiger partial charge in [-0.05, 0) is 38.1 Å². The molecule has 0 spiro atoms. The number of hydrogen-bond acceptors (Lipinski definition) is 5. The van der Waals surface area contributed by atoms with E-state index in [-0.39, 0.29) is 0 Å². The summed E-state index contributed by atoms with van der Waals surface area (Å²) in [5.41, 5.74) is 1.73. The first-order valence-electron chi connectivity index (χ1n) is 8.87. The van der Waals surface area contributed by atoms with Crippen molar-refractivity contribution in [3.05, 3.63) is 42.5 Å². The molecule has 0 saturated heterocycles. The fourth-order valence-electron chi connectivity index (χ4n) is 2.78. The lowest BCUT2D eigenvalue weighted by Crippen LogP contribution is -2.36. The van der Waals surface area contributed by atoms with Crippen LogP contribution in [0.1, 0.15) is 13.8 Å². The van der Waals surface area contributed by atoms with Gasteiger partial charge in [0, 0.05) is 13.1 Å². The predicted octanol–water partition coefficient (Wildman–Crippen LogP) is 4.63. The van der Waals surface area contributed by atoms with E-state index in [1.165, 1.54) is 0 Å². The van der Waals surface area contributed by atoms with Gasteiger partial charge in [0.05, 0.1) is 24.6 Å². The molecule has 27 heavy (non-hydrogen) atoms. The molecule has 1 N–H and O–H groups in total. The molecule has 142 valence electrons. The number of hydrogen-bond donors (Lipinski definition) is 1. The van der Waals surface area contributed by atoms with E-state index in [4.69, 9.17) is 14.5 Å². The summed E-state index contributed by atoms with van der Waals surface area (Å²) in [7, 11) is 3.33. The first-order valence-corrected chi connectivity index (χ1v) is 9.69. The smallest absolute Gasteiger partial charge is 0.204 e. The number of anilines is 2. The molecule has 0 aliphatic carbocycles. The van der Waals surface area contributed by atoms with Crippen LogP contribution in [0.3, 0.4) is 0 Å². The molecule has 7 heteroatoms. The molecule has 1 heterocycles. The molecule has 0 fully saturated rings. The maximum atomic E-state index is 5.46. The first kappa shape index (κ1) is 19.0. The third-order valence-electron chi connectivity index (χ3n) is 4.05. The summed E-state index contributed by atoms with van der Waals surface area (Å²) in [5, 5.41) is 4.28. The van der Waals surface area contributed by atoms with E-state index in [0.717, 1.165) is 45.0 Å². The van der Waals surface area contributed by atoms with Crippen LogP contribution in [0.15, 0.2) is 47.5 Å².